The van der Waals surface area contributed by atoms with Crippen LogP contribution in [0.5, 0.6) is 0 Å². The monoisotopic (exact) mass is 884 g/mol. The Hall–Kier alpha value is -9.25. The third-order valence-corrected chi connectivity index (χ3v) is 12.5. The number of nitrogen functional groups attached to an aromatic ring is 1. The largest absolute Gasteiger partial charge is 0.399 e. The van der Waals surface area contributed by atoms with Gasteiger partial charge in [0, 0.05) is 29.2 Å². The van der Waals surface area contributed by atoms with E-state index in [1.807, 2.05) is 85.1 Å². The highest BCUT2D eigenvalue weighted by Crippen LogP contribution is 2.41. The Labute approximate surface area is 404 Å². The molecular formula is C65H48N4. The van der Waals surface area contributed by atoms with Crippen LogP contribution >= 0.6 is 0 Å². The molecule has 10 aromatic rings. The first kappa shape index (κ1) is 43.6. The molecular weight excluding hydrogens is 837 g/mol. The van der Waals surface area contributed by atoms with E-state index < -0.39 is 0 Å². The zero-order chi connectivity index (χ0) is 46.9. The van der Waals surface area contributed by atoms with E-state index in [1.54, 1.807) is 6.20 Å². The number of hydrogen-bond acceptors (Lipinski definition) is 4. The van der Waals surface area contributed by atoms with Gasteiger partial charge in [-0.15, -0.1) is 0 Å². The Morgan fingerprint density at radius 3 is 1.17 bits per heavy atom. The molecule has 0 amide bonds. The van der Waals surface area contributed by atoms with Crippen molar-refractivity contribution in [1.82, 2.24) is 4.98 Å². The molecule has 4 N–H and O–H groups in total. The van der Waals surface area contributed by atoms with E-state index in [4.69, 9.17) is 5.73 Å². The molecule has 0 saturated carbocycles. The lowest BCUT2D eigenvalue weighted by Crippen LogP contribution is -2.16. The lowest BCUT2D eigenvalue weighted by atomic mass is 9.82. The minimum atomic E-state index is 0.186. The summed E-state index contributed by atoms with van der Waals surface area (Å²) in [5.74, 6) is 0. The van der Waals surface area contributed by atoms with Gasteiger partial charge in [-0.05, 0) is 132 Å². The summed E-state index contributed by atoms with van der Waals surface area (Å²) in [5, 5.41) is 18.6. The summed E-state index contributed by atoms with van der Waals surface area (Å²) < 4.78 is 0. The molecule has 328 valence electrons. The fourth-order valence-corrected chi connectivity index (χ4v) is 8.88. The first-order chi connectivity index (χ1) is 33.9. The van der Waals surface area contributed by atoms with Crippen LogP contribution in [0.1, 0.15) is 11.1 Å². The molecule has 0 saturated heterocycles. The maximum atomic E-state index is 9.35. The van der Waals surface area contributed by atoms with E-state index >= 15 is 0 Å². The fourth-order valence-electron chi connectivity index (χ4n) is 8.88. The number of aromatic nitrogens is 1. The van der Waals surface area contributed by atoms with Crippen molar-refractivity contribution in [1.29, 1.82) is 10.8 Å². The van der Waals surface area contributed by atoms with Crippen molar-refractivity contribution in [3.05, 3.63) is 278 Å². The number of nitrogens with one attached hydrogen (secondary N) is 2. The van der Waals surface area contributed by atoms with Crippen LogP contribution in [0.3, 0.4) is 0 Å². The molecule has 4 heteroatoms. The van der Waals surface area contributed by atoms with E-state index in [1.165, 1.54) is 22.3 Å². The quantitative estimate of drug-likeness (QED) is 0.0996. The van der Waals surface area contributed by atoms with Crippen LogP contribution in [0, 0.1) is 10.8 Å². The van der Waals surface area contributed by atoms with Gasteiger partial charge in [0.1, 0.15) is 0 Å². The first-order valence-electron chi connectivity index (χ1n) is 23.0. The molecule has 1 aliphatic rings. The zero-order valence-electron chi connectivity index (χ0n) is 37.9. The second-order valence-electron chi connectivity index (χ2n) is 17.0. The number of rotatable bonds is 9. The molecule has 0 radical (unpaired) electrons. The van der Waals surface area contributed by atoms with E-state index in [0.29, 0.717) is 0 Å². The predicted molar refractivity (Wildman–Crippen MR) is 291 cm³/mol. The fraction of sp³-hybridized carbons (Fsp3) is 0. The van der Waals surface area contributed by atoms with Crippen LogP contribution in [0.25, 0.3) is 89.0 Å². The number of allylic oxidation sites excluding steroid dienone is 4. The van der Waals surface area contributed by atoms with Crippen LogP contribution < -0.4 is 5.73 Å². The van der Waals surface area contributed by atoms with Crippen molar-refractivity contribution in [3.8, 4) is 77.9 Å². The Bertz CT molecular complexity index is 3470. The minimum Gasteiger partial charge on any atom is -0.399 e. The van der Waals surface area contributed by atoms with Gasteiger partial charge in [0.15, 0.2) is 0 Å². The van der Waals surface area contributed by atoms with Crippen molar-refractivity contribution >= 4 is 28.3 Å². The van der Waals surface area contributed by atoms with E-state index in [9.17, 15) is 10.8 Å². The highest BCUT2D eigenvalue weighted by molar-refractivity contribution is 6.61. The van der Waals surface area contributed by atoms with Gasteiger partial charge in [0.25, 0.3) is 0 Å². The van der Waals surface area contributed by atoms with Crippen LogP contribution in [-0.2, 0) is 0 Å². The Morgan fingerprint density at radius 2 is 0.696 bits per heavy atom. The summed E-state index contributed by atoms with van der Waals surface area (Å²) in [6.07, 6.45) is 7.56. The highest BCUT2D eigenvalue weighted by atomic mass is 14.6. The van der Waals surface area contributed by atoms with Crippen LogP contribution in [0.4, 0.5) is 5.69 Å². The van der Waals surface area contributed by atoms with Crippen LogP contribution in [0.15, 0.2) is 267 Å². The van der Waals surface area contributed by atoms with Gasteiger partial charge in [-0.25, -0.2) is 0 Å². The van der Waals surface area contributed by atoms with Crippen LogP contribution in [0.2, 0.25) is 0 Å². The Morgan fingerprint density at radius 1 is 0.304 bits per heavy atom. The number of nitrogens with zero attached hydrogens (tertiary/aromatic N) is 1. The molecule has 69 heavy (non-hydrogen) atoms. The Balaban J connectivity index is 0.000000367. The number of pyridine rings is 1. The van der Waals surface area contributed by atoms with Crippen molar-refractivity contribution in [2.45, 2.75) is 0 Å². The second-order valence-corrected chi connectivity index (χ2v) is 17.0. The van der Waals surface area contributed by atoms with E-state index in [0.717, 1.165) is 83.6 Å². The average molecular weight is 885 g/mol. The standard InChI is InChI=1S/C54H38N2.C11H10N2/c55-53-36-47(50-33-45(29-31-48(50)43-17-9-3-10-18-43)41-25-21-39(22-26-41)37-13-5-1-6-14-37)35-52(54(53)56)51-34-46(30-32-49(51)44-19-11-4-12-20-44)42-27-23-40(24-28-42)38-15-7-2-8-16-38;12-11-5-1-3-9(7-11)10-4-2-6-13-8-10/h1-36,55-56H;1-8H,12H2. The number of nitrogens with two attached hydrogens (primary N) is 1. The zero-order valence-corrected chi connectivity index (χ0v) is 37.9. The SMILES string of the molecule is N=C1C=C(c2cc(-c3ccc(-c4ccccc4)cc3)ccc2-c2ccccc2)C=C(c2cc(-c3ccc(-c4ccccc4)cc3)ccc2-c2ccccc2)C1=N.Nc1cccc(-c2cccnc2)c1. The maximum absolute atomic E-state index is 9.35. The molecule has 11 rings (SSSR count). The lowest BCUT2D eigenvalue weighted by molar-refractivity contribution is 1.33. The van der Waals surface area contributed by atoms with Gasteiger partial charge < -0.3 is 5.73 Å². The predicted octanol–water partition coefficient (Wildman–Crippen LogP) is 16.5. The van der Waals surface area contributed by atoms with Gasteiger partial charge >= 0.3 is 0 Å². The summed E-state index contributed by atoms with van der Waals surface area (Å²) in [5.41, 5.74) is 26.0. The molecule has 0 aliphatic heterocycles. The average Bonchev–Trinajstić information content (AvgIpc) is 3.43. The molecule has 1 aromatic heterocycles. The number of anilines is 1. The smallest absolute Gasteiger partial charge is 0.0868 e. The summed E-state index contributed by atoms with van der Waals surface area (Å²) in [7, 11) is 0. The topological polar surface area (TPSA) is 86.6 Å². The normalized spacial score (nSPS) is 12.1. The molecule has 4 nitrogen and oxygen atoms in total. The Kier molecular flexibility index (Phi) is 12.7. The van der Waals surface area contributed by atoms with Gasteiger partial charge in [-0.3, -0.25) is 15.8 Å². The van der Waals surface area contributed by atoms with E-state index in [2.05, 4.69) is 181 Å². The number of benzene rings is 9. The van der Waals surface area contributed by atoms with Crippen LogP contribution in [-0.4, -0.2) is 16.4 Å². The minimum absolute atomic E-state index is 0.186. The van der Waals surface area contributed by atoms with Crippen molar-refractivity contribution in [3.63, 3.8) is 0 Å². The lowest BCUT2D eigenvalue weighted by Gasteiger charge is -2.22. The molecule has 0 unspecified atom stereocenters. The second kappa shape index (κ2) is 20.1. The molecule has 9 aromatic carbocycles. The van der Waals surface area contributed by atoms with E-state index in [-0.39, 0.29) is 11.4 Å². The van der Waals surface area contributed by atoms with Crippen molar-refractivity contribution < 1.29 is 0 Å². The third-order valence-electron chi connectivity index (χ3n) is 12.5. The van der Waals surface area contributed by atoms with Gasteiger partial charge in [0.2, 0.25) is 0 Å². The summed E-state index contributed by atoms with van der Waals surface area (Å²) in [4.78, 5) is 4.05. The van der Waals surface area contributed by atoms with Gasteiger partial charge in [-0.1, -0.05) is 212 Å². The summed E-state index contributed by atoms with van der Waals surface area (Å²) in [6, 6.07) is 83.9. The highest BCUT2D eigenvalue weighted by Gasteiger charge is 2.24. The summed E-state index contributed by atoms with van der Waals surface area (Å²) in [6.45, 7) is 0. The molecule has 1 aliphatic carbocycles. The third kappa shape index (κ3) is 9.83. The molecule has 0 atom stereocenters. The van der Waals surface area contributed by atoms with Gasteiger partial charge in [-0.2, -0.15) is 0 Å². The maximum Gasteiger partial charge on any atom is 0.0868 e. The van der Waals surface area contributed by atoms with Crippen molar-refractivity contribution in [2.75, 3.05) is 5.73 Å². The molecule has 0 bridgehead atoms. The molecule has 1 heterocycles. The molecule has 0 spiro atoms. The summed E-state index contributed by atoms with van der Waals surface area (Å²) >= 11 is 0. The number of hydrogen-bond donors (Lipinski definition) is 3. The molecule has 0 fully saturated rings. The first-order valence-corrected chi connectivity index (χ1v) is 23.0. The van der Waals surface area contributed by atoms with Gasteiger partial charge in [0.05, 0.1) is 11.4 Å². The van der Waals surface area contributed by atoms with Crippen molar-refractivity contribution in [2.24, 2.45) is 0 Å².